The monoisotopic (exact) mass is 246 g/mol. The summed E-state index contributed by atoms with van der Waals surface area (Å²) in [6.45, 7) is 5.60. The van der Waals surface area contributed by atoms with E-state index >= 15 is 0 Å². The largest absolute Gasteiger partial charge is 0.480 e. The summed E-state index contributed by atoms with van der Waals surface area (Å²) in [6.07, 6.45) is 1.03. The van der Waals surface area contributed by atoms with Crippen molar-refractivity contribution < 1.29 is 19.8 Å². The van der Waals surface area contributed by atoms with Gasteiger partial charge < -0.3 is 20.4 Å². The van der Waals surface area contributed by atoms with Crippen LogP contribution in [-0.2, 0) is 4.79 Å². The van der Waals surface area contributed by atoms with E-state index in [2.05, 4.69) is 5.32 Å². The zero-order chi connectivity index (χ0) is 13.5. The maximum atomic E-state index is 11.8. The lowest BCUT2D eigenvalue weighted by molar-refractivity contribution is -0.144. The second-order valence-electron chi connectivity index (χ2n) is 4.12. The van der Waals surface area contributed by atoms with Crippen molar-refractivity contribution in [1.82, 2.24) is 10.2 Å². The van der Waals surface area contributed by atoms with E-state index in [4.69, 9.17) is 10.2 Å². The van der Waals surface area contributed by atoms with Crippen LogP contribution in [0.4, 0.5) is 4.79 Å². The summed E-state index contributed by atoms with van der Waals surface area (Å²) >= 11 is 0. The third kappa shape index (κ3) is 4.60. The van der Waals surface area contributed by atoms with E-state index in [0.717, 1.165) is 0 Å². The first kappa shape index (κ1) is 15.7. The third-order valence-corrected chi connectivity index (χ3v) is 2.64. The molecule has 0 saturated heterocycles. The normalized spacial score (nSPS) is 13.9. The van der Waals surface area contributed by atoms with Gasteiger partial charge in [-0.05, 0) is 20.3 Å². The quantitative estimate of drug-likeness (QED) is 0.615. The number of aliphatic carboxylic acids is 1. The van der Waals surface area contributed by atoms with Crippen molar-refractivity contribution in [2.24, 2.45) is 0 Å². The Kier molecular flexibility index (Phi) is 6.57. The van der Waals surface area contributed by atoms with Crippen LogP contribution in [0.1, 0.15) is 33.6 Å². The van der Waals surface area contributed by atoms with Crippen molar-refractivity contribution in [2.75, 3.05) is 19.7 Å². The number of amides is 2. The second-order valence-corrected chi connectivity index (χ2v) is 4.12. The molecule has 1 unspecified atom stereocenters. The Morgan fingerprint density at radius 2 is 1.94 bits per heavy atom. The van der Waals surface area contributed by atoms with Gasteiger partial charge in [-0.3, -0.25) is 0 Å². The van der Waals surface area contributed by atoms with Crippen molar-refractivity contribution in [3.05, 3.63) is 0 Å². The van der Waals surface area contributed by atoms with Crippen LogP contribution in [0.25, 0.3) is 0 Å². The van der Waals surface area contributed by atoms with E-state index in [9.17, 15) is 9.59 Å². The van der Waals surface area contributed by atoms with Gasteiger partial charge in [0.15, 0.2) is 0 Å². The summed E-state index contributed by atoms with van der Waals surface area (Å²) < 4.78 is 0. The van der Waals surface area contributed by atoms with Gasteiger partial charge in [-0.1, -0.05) is 13.3 Å². The first-order valence-corrected chi connectivity index (χ1v) is 5.82. The van der Waals surface area contributed by atoms with Gasteiger partial charge in [0, 0.05) is 13.1 Å². The lowest BCUT2D eigenvalue weighted by atomic mass is 9.96. The fourth-order valence-corrected chi connectivity index (χ4v) is 1.56. The molecule has 2 amide bonds. The van der Waals surface area contributed by atoms with Crippen molar-refractivity contribution in [3.8, 4) is 0 Å². The molecule has 0 saturated carbocycles. The summed E-state index contributed by atoms with van der Waals surface area (Å²) in [5, 5.41) is 20.4. The lowest BCUT2D eigenvalue weighted by Crippen LogP contribution is -2.56. The third-order valence-electron chi connectivity index (χ3n) is 2.64. The number of aliphatic hydroxyl groups is 1. The number of nitrogens with zero attached hydrogens (tertiary/aromatic N) is 1. The van der Waals surface area contributed by atoms with Gasteiger partial charge in [-0.2, -0.15) is 0 Å². The smallest absolute Gasteiger partial charge is 0.329 e. The molecule has 100 valence electrons. The fraction of sp³-hybridized carbons (Fsp3) is 0.818. The first-order valence-electron chi connectivity index (χ1n) is 5.82. The fourth-order valence-electron chi connectivity index (χ4n) is 1.56. The minimum Gasteiger partial charge on any atom is -0.480 e. The van der Waals surface area contributed by atoms with Crippen LogP contribution in [0.5, 0.6) is 0 Å². The average molecular weight is 246 g/mol. The van der Waals surface area contributed by atoms with E-state index in [-0.39, 0.29) is 13.2 Å². The van der Waals surface area contributed by atoms with Crippen LogP contribution in [0.3, 0.4) is 0 Å². The molecule has 1 atom stereocenters. The number of hydrogen-bond donors (Lipinski definition) is 3. The molecular weight excluding hydrogens is 224 g/mol. The standard InChI is InChI=1S/C11H22N2O4/c1-4-6-11(3,9(15)16)12-10(17)13(5-2)7-8-14/h14H,4-8H2,1-3H3,(H,12,17)(H,15,16). The Labute approximate surface area is 102 Å². The summed E-state index contributed by atoms with van der Waals surface area (Å²) in [5.74, 6) is -1.05. The van der Waals surface area contributed by atoms with Crippen LogP contribution in [0.2, 0.25) is 0 Å². The number of hydrogen-bond acceptors (Lipinski definition) is 3. The summed E-state index contributed by atoms with van der Waals surface area (Å²) in [4.78, 5) is 24.3. The number of urea groups is 1. The van der Waals surface area contributed by atoms with Gasteiger partial charge in [-0.25, -0.2) is 9.59 Å². The number of carbonyl (C=O) groups excluding carboxylic acids is 1. The molecule has 0 aliphatic heterocycles. The van der Waals surface area contributed by atoms with Crippen LogP contribution in [-0.4, -0.2) is 52.3 Å². The molecular formula is C11H22N2O4. The zero-order valence-corrected chi connectivity index (χ0v) is 10.7. The Balaban J connectivity index is 4.64. The van der Waals surface area contributed by atoms with Crippen LogP contribution >= 0.6 is 0 Å². The maximum absolute atomic E-state index is 11.8. The molecule has 17 heavy (non-hydrogen) atoms. The predicted octanol–water partition coefficient (Wildman–Crippen LogP) is 0.654. The number of carboxylic acid groups (broad SMARTS) is 1. The van der Waals surface area contributed by atoms with Gasteiger partial charge in [-0.15, -0.1) is 0 Å². The van der Waals surface area contributed by atoms with Gasteiger partial charge >= 0.3 is 12.0 Å². The van der Waals surface area contributed by atoms with E-state index in [1.165, 1.54) is 11.8 Å². The lowest BCUT2D eigenvalue weighted by Gasteiger charge is -2.29. The minimum absolute atomic E-state index is 0.140. The van der Waals surface area contributed by atoms with Gasteiger partial charge in [0.05, 0.1) is 6.61 Å². The Hall–Kier alpha value is -1.30. The highest BCUT2D eigenvalue weighted by Gasteiger charge is 2.34. The average Bonchev–Trinajstić information content (AvgIpc) is 2.25. The van der Waals surface area contributed by atoms with Gasteiger partial charge in [0.2, 0.25) is 0 Å². The number of likely N-dealkylation sites (N-methyl/N-ethyl adjacent to an activating group) is 1. The molecule has 0 aliphatic carbocycles. The molecule has 0 aromatic heterocycles. The Bertz CT molecular complexity index is 270. The minimum atomic E-state index is -1.26. The molecule has 0 aromatic carbocycles. The Morgan fingerprint density at radius 3 is 2.29 bits per heavy atom. The van der Waals surface area contributed by atoms with Crippen molar-refractivity contribution in [3.63, 3.8) is 0 Å². The molecule has 0 bridgehead atoms. The molecule has 6 nitrogen and oxygen atoms in total. The highest BCUT2D eigenvalue weighted by atomic mass is 16.4. The summed E-state index contributed by atoms with van der Waals surface area (Å²) in [7, 11) is 0. The summed E-state index contributed by atoms with van der Waals surface area (Å²) in [6, 6.07) is -0.458. The number of carbonyl (C=O) groups is 2. The van der Waals surface area contributed by atoms with E-state index in [1.807, 2.05) is 6.92 Å². The molecule has 0 aliphatic rings. The van der Waals surface area contributed by atoms with E-state index < -0.39 is 17.5 Å². The molecule has 3 N–H and O–H groups in total. The van der Waals surface area contributed by atoms with Crippen LogP contribution < -0.4 is 5.32 Å². The number of nitrogens with one attached hydrogen (secondary N) is 1. The Morgan fingerprint density at radius 1 is 1.35 bits per heavy atom. The van der Waals surface area contributed by atoms with Crippen molar-refractivity contribution >= 4 is 12.0 Å². The number of rotatable bonds is 7. The van der Waals surface area contributed by atoms with Crippen LogP contribution in [0.15, 0.2) is 0 Å². The molecule has 6 heteroatoms. The molecule has 0 fully saturated rings. The highest BCUT2D eigenvalue weighted by molar-refractivity contribution is 5.85. The summed E-state index contributed by atoms with van der Waals surface area (Å²) in [5.41, 5.74) is -1.26. The van der Waals surface area contributed by atoms with Gasteiger partial charge in [0.1, 0.15) is 5.54 Å². The van der Waals surface area contributed by atoms with Gasteiger partial charge in [0.25, 0.3) is 0 Å². The number of aliphatic hydroxyl groups excluding tert-OH is 1. The molecule has 0 radical (unpaired) electrons. The van der Waals surface area contributed by atoms with Crippen molar-refractivity contribution in [1.29, 1.82) is 0 Å². The predicted molar refractivity (Wildman–Crippen MR) is 63.8 cm³/mol. The van der Waals surface area contributed by atoms with Crippen LogP contribution in [0, 0.1) is 0 Å². The maximum Gasteiger partial charge on any atom is 0.329 e. The molecule has 0 spiro atoms. The first-order chi connectivity index (χ1) is 7.91. The molecule has 0 rings (SSSR count). The highest BCUT2D eigenvalue weighted by Crippen LogP contribution is 2.13. The van der Waals surface area contributed by atoms with E-state index in [0.29, 0.717) is 19.4 Å². The molecule has 0 aromatic rings. The van der Waals surface area contributed by atoms with E-state index in [1.54, 1.807) is 6.92 Å². The topological polar surface area (TPSA) is 89.9 Å². The zero-order valence-electron chi connectivity index (χ0n) is 10.7. The molecule has 0 heterocycles. The number of carboxylic acids is 1. The second kappa shape index (κ2) is 7.11. The SMILES string of the molecule is CCCC(C)(NC(=O)N(CC)CCO)C(=O)O. The van der Waals surface area contributed by atoms with Crippen molar-refractivity contribution in [2.45, 2.75) is 39.2 Å².